The lowest BCUT2D eigenvalue weighted by Crippen LogP contribution is -2.52. The Kier molecular flexibility index (Phi) is 7.87. The first-order chi connectivity index (χ1) is 17.8. The number of nitrogens with two attached hydrogens (primary N) is 2. The average Bonchev–Trinajstić information content (AvgIpc) is 2.91. The number of unbranched alkanes of at least 4 members (excludes halogenated alkanes) is 1. The smallest absolute Gasteiger partial charge is 0.249 e. The predicted octanol–water partition coefficient (Wildman–Crippen LogP) is 4.45. The Morgan fingerprint density at radius 2 is 2.03 bits per heavy atom. The van der Waals surface area contributed by atoms with Crippen molar-refractivity contribution in [1.29, 1.82) is 0 Å². The molecule has 4 N–H and O–H groups in total. The second-order valence-electron chi connectivity index (χ2n) is 9.98. The first kappa shape index (κ1) is 26.3. The van der Waals surface area contributed by atoms with E-state index in [1.54, 1.807) is 11.0 Å². The van der Waals surface area contributed by atoms with E-state index < -0.39 is 17.5 Å². The number of aliphatic imine (C=N–C) groups is 1. The first-order valence-electron chi connectivity index (χ1n) is 13.1. The van der Waals surface area contributed by atoms with Crippen molar-refractivity contribution in [3.8, 4) is 18.1 Å². The standard InChI is InChI=1S/C30H36N4O3/c1-4-7-8-12-25(34-27(35)18-30(5-2,6-3)33-29(34)32)20-14-15-23(24(17-20)28(31)36)22-16-21-11-9-10-13-26(21)37-19-22/h1,9-11,13-15,17,22,25H,5-8,12,16,18-19H2,2-3H3,(H2,31,36)(H2,32,33). The van der Waals surface area contributed by atoms with E-state index in [1.165, 1.54) is 0 Å². The van der Waals surface area contributed by atoms with E-state index in [0.717, 1.165) is 41.7 Å². The number of rotatable bonds is 9. The molecule has 2 atom stereocenters. The van der Waals surface area contributed by atoms with Gasteiger partial charge in [0.05, 0.1) is 24.6 Å². The predicted molar refractivity (Wildman–Crippen MR) is 145 cm³/mol. The van der Waals surface area contributed by atoms with Crippen LogP contribution >= 0.6 is 0 Å². The van der Waals surface area contributed by atoms with E-state index in [0.29, 0.717) is 37.9 Å². The maximum Gasteiger partial charge on any atom is 0.249 e. The molecule has 7 heteroatoms. The summed E-state index contributed by atoms with van der Waals surface area (Å²) in [6.45, 7) is 4.51. The van der Waals surface area contributed by atoms with Gasteiger partial charge in [-0.3, -0.25) is 14.5 Å². The molecule has 2 aliphatic heterocycles. The zero-order valence-corrected chi connectivity index (χ0v) is 21.7. The van der Waals surface area contributed by atoms with E-state index in [1.807, 2.05) is 50.2 Å². The monoisotopic (exact) mass is 500 g/mol. The van der Waals surface area contributed by atoms with Crippen LogP contribution in [0.5, 0.6) is 5.75 Å². The van der Waals surface area contributed by atoms with Gasteiger partial charge < -0.3 is 16.2 Å². The van der Waals surface area contributed by atoms with Crippen LogP contribution in [0.1, 0.15) is 91.4 Å². The van der Waals surface area contributed by atoms with Gasteiger partial charge >= 0.3 is 0 Å². The van der Waals surface area contributed by atoms with Crippen molar-refractivity contribution >= 4 is 17.8 Å². The summed E-state index contributed by atoms with van der Waals surface area (Å²) >= 11 is 0. The van der Waals surface area contributed by atoms with Crippen LogP contribution < -0.4 is 16.2 Å². The molecule has 37 heavy (non-hydrogen) atoms. The third-order valence-corrected chi connectivity index (χ3v) is 7.82. The first-order valence-corrected chi connectivity index (χ1v) is 13.1. The van der Waals surface area contributed by atoms with Crippen molar-refractivity contribution in [2.45, 2.75) is 76.3 Å². The van der Waals surface area contributed by atoms with Gasteiger partial charge in [0.25, 0.3) is 0 Å². The van der Waals surface area contributed by atoms with Gasteiger partial charge in [0.2, 0.25) is 11.8 Å². The number of guanidine groups is 1. The van der Waals surface area contributed by atoms with Crippen LogP contribution in [0.15, 0.2) is 47.5 Å². The number of primary amides is 1. The minimum Gasteiger partial charge on any atom is -0.493 e. The van der Waals surface area contributed by atoms with Crippen LogP contribution in [0.4, 0.5) is 0 Å². The minimum atomic E-state index is -0.513. The van der Waals surface area contributed by atoms with Crippen molar-refractivity contribution in [3.63, 3.8) is 0 Å². The molecular formula is C30H36N4O3. The second kappa shape index (κ2) is 11.1. The van der Waals surface area contributed by atoms with Crippen LogP contribution in [0.2, 0.25) is 0 Å². The number of hydrogen-bond donors (Lipinski definition) is 2. The highest BCUT2D eigenvalue weighted by Crippen LogP contribution is 2.38. The van der Waals surface area contributed by atoms with E-state index in [9.17, 15) is 9.59 Å². The van der Waals surface area contributed by atoms with Gasteiger partial charge in [-0.2, -0.15) is 0 Å². The fourth-order valence-corrected chi connectivity index (χ4v) is 5.54. The van der Waals surface area contributed by atoms with Crippen molar-refractivity contribution < 1.29 is 14.3 Å². The van der Waals surface area contributed by atoms with Crippen molar-refractivity contribution in [1.82, 2.24) is 4.90 Å². The highest BCUT2D eigenvalue weighted by atomic mass is 16.5. The largest absolute Gasteiger partial charge is 0.493 e. The number of fused-ring (bicyclic) bond motifs is 1. The third-order valence-electron chi connectivity index (χ3n) is 7.82. The third kappa shape index (κ3) is 5.34. The Balaban J connectivity index is 1.71. The summed E-state index contributed by atoms with van der Waals surface area (Å²) in [4.78, 5) is 32.5. The SMILES string of the molecule is C#CCCCC(c1ccc(C2COc3ccccc3C2)c(C(N)=O)c1)N1C(=O)CC(CC)(CC)N=C1N. The molecule has 2 aliphatic rings. The quantitative estimate of drug-likeness (QED) is 0.391. The topological polar surface area (TPSA) is 111 Å². The molecule has 0 bridgehead atoms. The lowest BCUT2D eigenvalue weighted by Gasteiger charge is -2.40. The van der Waals surface area contributed by atoms with Gasteiger partial charge in [-0.05, 0) is 60.9 Å². The molecule has 0 saturated heterocycles. The van der Waals surface area contributed by atoms with Crippen LogP contribution in [0.25, 0.3) is 0 Å². The molecule has 0 spiro atoms. The van der Waals surface area contributed by atoms with Gasteiger partial charge in [-0.25, -0.2) is 4.99 Å². The highest BCUT2D eigenvalue weighted by molar-refractivity contribution is 6.00. The molecule has 0 fully saturated rings. The van der Waals surface area contributed by atoms with E-state index in [-0.39, 0.29) is 17.8 Å². The summed E-state index contributed by atoms with van der Waals surface area (Å²) in [5.41, 5.74) is 15.0. The van der Waals surface area contributed by atoms with E-state index >= 15 is 0 Å². The number of ether oxygens (including phenoxy) is 1. The van der Waals surface area contributed by atoms with Crippen molar-refractivity contribution in [3.05, 3.63) is 64.7 Å². The van der Waals surface area contributed by atoms with Crippen LogP contribution in [-0.4, -0.2) is 34.8 Å². The van der Waals surface area contributed by atoms with Gasteiger partial charge in [-0.1, -0.05) is 44.2 Å². The fourth-order valence-electron chi connectivity index (χ4n) is 5.54. The Morgan fingerprint density at radius 1 is 1.27 bits per heavy atom. The minimum absolute atomic E-state index is 0.00989. The molecular weight excluding hydrogens is 464 g/mol. The zero-order valence-electron chi connectivity index (χ0n) is 21.7. The molecule has 194 valence electrons. The van der Waals surface area contributed by atoms with Gasteiger partial charge in [0.1, 0.15) is 5.75 Å². The Bertz CT molecular complexity index is 1240. The summed E-state index contributed by atoms with van der Waals surface area (Å²) in [5, 5.41) is 0. The molecule has 0 aliphatic carbocycles. The van der Waals surface area contributed by atoms with E-state index in [2.05, 4.69) is 5.92 Å². The molecule has 2 amide bonds. The zero-order chi connectivity index (χ0) is 26.6. The molecule has 0 radical (unpaired) electrons. The molecule has 0 aromatic heterocycles. The highest BCUT2D eigenvalue weighted by Gasteiger charge is 2.40. The lowest BCUT2D eigenvalue weighted by atomic mass is 9.84. The molecule has 2 heterocycles. The molecule has 2 aromatic carbocycles. The summed E-state index contributed by atoms with van der Waals surface area (Å²) in [6, 6.07) is 13.2. The van der Waals surface area contributed by atoms with Gasteiger partial charge in [0, 0.05) is 17.9 Å². The maximum absolute atomic E-state index is 13.5. The summed E-state index contributed by atoms with van der Waals surface area (Å²) in [6.07, 6.45) is 9.89. The van der Waals surface area contributed by atoms with Gasteiger partial charge in [0.15, 0.2) is 5.96 Å². The van der Waals surface area contributed by atoms with Crippen molar-refractivity contribution in [2.24, 2.45) is 16.5 Å². The summed E-state index contributed by atoms with van der Waals surface area (Å²) in [7, 11) is 0. The molecule has 4 rings (SSSR count). The number of carbonyl (C=O) groups excluding carboxylic acids is 2. The number of benzene rings is 2. The van der Waals surface area contributed by atoms with Crippen LogP contribution in [-0.2, 0) is 11.2 Å². The average molecular weight is 501 g/mol. The number of hydrogen-bond acceptors (Lipinski definition) is 5. The number of amides is 2. The van der Waals surface area contributed by atoms with Crippen LogP contribution in [0.3, 0.4) is 0 Å². The Hall–Kier alpha value is -3.79. The number of nitrogens with zero attached hydrogens (tertiary/aromatic N) is 2. The van der Waals surface area contributed by atoms with Crippen LogP contribution in [0, 0.1) is 12.3 Å². The number of carbonyl (C=O) groups is 2. The molecule has 7 nitrogen and oxygen atoms in total. The molecule has 2 unspecified atom stereocenters. The second-order valence-corrected chi connectivity index (χ2v) is 9.98. The number of para-hydroxylation sites is 1. The summed E-state index contributed by atoms with van der Waals surface area (Å²) < 4.78 is 5.98. The Morgan fingerprint density at radius 3 is 2.70 bits per heavy atom. The lowest BCUT2D eigenvalue weighted by molar-refractivity contribution is -0.131. The molecule has 2 aromatic rings. The summed E-state index contributed by atoms with van der Waals surface area (Å²) in [5.74, 6) is 3.17. The fraction of sp³-hybridized carbons (Fsp3) is 0.433. The number of terminal acetylenes is 1. The molecule has 0 saturated carbocycles. The normalized spacial score (nSPS) is 19.3. The Labute approximate surface area is 219 Å². The van der Waals surface area contributed by atoms with Crippen molar-refractivity contribution in [2.75, 3.05) is 6.61 Å². The van der Waals surface area contributed by atoms with Gasteiger partial charge in [-0.15, -0.1) is 12.3 Å². The van der Waals surface area contributed by atoms with E-state index in [4.69, 9.17) is 27.6 Å². The maximum atomic E-state index is 13.5.